The largest absolute Gasteiger partial charge is 0.395 e. The maximum atomic E-state index is 11.9. The third-order valence-corrected chi connectivity index (χ3v) is 2.65. The zero-order valence-electron chi connectivity index (χ0n) is 11.5. The van der Waals surface area contributed by atoms with Crippen LogP contribution in [0.15, 0.2) is 24.3 Å². The van der Waals surface area contributed by atoms with E-state index in [4.69, 9.17) is 9.84 Å². The Morgan fingerprint density at radius 3 is 2.84 bits per heavy atom. The fourth-order valence-electron chi connectivity index (χ4n) is 1.27. The predicted molar refractivity (Wildman–Crippen MR) is 74.7 cm³/mol. The van der Waals surface area contributed by atoms with E-state index in [0.717, 1.165) is 5.56 Å². The van der Waals surface area contributed by atoms with Gasteiger partial charge in [-0.2, -0.15) is 0 Å². The van der Waals surface area contributed by atoms with Crippen molar-refractivity contribution in [2.24, 2.45) is 0 Å². The molecule has 2 N–H and O–H groups in total. The lowest BCUT2D eigenvalue weighted by atomic mass is 10.1. The van der Waals surface area contributed by atoms with Crippen LogP contribution in [0.25, 0.3) is 0 Å². The molecule has 4 nitrogen and oxygen atoms in total. The van der Waals surface area contributed by atoms with Crippen LogP contribution in [0.3, 0.4) is 0 Å². The third kappa shape index (κ3) is 4.74. The molecule has 0 unspecified atom stereocenters. The van der Waals surface area contributed by atoms with Crippen LogP contribution < -0.4 is 5.32 Å². The van der Waals surface area contributed by atoms with E-state index < -0.39 is 5.60 Å². The molecule has 0 aliphatic heterocycles. The number of aliphatic hydroxyl groups excluding tert-OH is 1. The number of aliphatic hydroxyl groups is 1. The fourth-order valence-corrected chi connectivity index (χ4v) is 1.27. The highest BCUT2D eigenvalue weighted by atomic mass is 16.5. The minimum absolute atomic E-state index is 0.0471. The molecule has 0 atom stereocenters. The third-order valence-electron chi connectivity index (χ3n) is 2.65. The molecule has 0 bridgehead atoms. The highest BCUT2D eigenvalue weighted by Gasteiger charge is 2.26. The molecule has 0 spiro atoms. The summed E-state index contributed by atoms with van der Waals surface area (Å²) in [5.74, 6) is 5.54. The monoisotopic (exact) mass is 261 g/mol. The lowest BCUT2D eigenvalue weighted by Crippen LogP contribution is -2.38. The number of ether oxygens (including phenoxy) is 1. The predicted octanol–water partition coefficient (Wildman–Crippen LogP) is 1.78. The van der Waals surface area contributed by atoms with E-state index in [0.29, 0.717) is 12.1 Å². The van der Waals surface area contributed by atoms with E-state index in [1.165, 1.54) is 7.11 Å². The van der Waals surface area contributed by atoms with Crippen molar-refractivity contribution < 1.29 is 14.6 Å². The summed E-state index contributed by atoms with van der Waals surface area (Å²) in [4.78, 5) is 11.9. The Morgan fingerprint density at radius 2 is 2.21 bits per heavy atom. The van der Waals surface area contributed by atoms with Gasteiger partial charge in [-0.3, -0.25) is 4.79 Å². The van der Waals surface area contributed by atoms with E-state index in [9.17, 15) is 4.79 Å². The Bertz CT molecular complexity index is 498. The molecule has 0 aliphatic carbocycles. The Balaban J connectivity index is 2.78. The summed E-state index contributed by atoms with van der Waals surface area (Å²) >= 11 is 0. The Kier molecular flexibility index (Phi) is 5.56. The molecule has 1 aromatic rings. The first-order chi connectivity index (χ1) is 8.99. The molecule has 4 heteroatoms. The van der Waals surface area contributed by atoms with Gasteiger partial charge in [-0.05, 0) is 32.0 Å². The van der Waals surface area contributed by atoms with Crippen molar-refractivity contribution in [3.8, 4) is 11.8 Å². The maximum absolute atomic E-state index is 11.9. The van der Waals surface area contributed by atoms with Crippen LogP contribution in [0.2, 0.25) is 0 Å². The molecular weight excluding hydrogens is 242 g/mol. The van der Waals surface area contributed by atoms with Gasteiger partial charge in [-0.1, -0.05) is 17.9 Å². The van der Waals surface area contributed by atoms with E-state index in [2.05, 4.69) is 17.2 Å². The van der Waals surface area contributed by atoms with Gasteiger partial charge < -0.3 is 15.2 Å². The van der Waals surface area contributed by atoms with Gasteiger partial charge in [0, 0.05) is 24.8 Å². The highest BCUT2D eigenvalue weighted by molar-refractivity contribution is 5.96. The van der Waals surface area contributed by atoms with Crippen LogP contribution in [-0.2, 0) is 9.53 Å². The number of anilines is 1. The molecule has 0 saturated heterocycles. The van der Waals surface area contributed by atoms with E-state index >= 15 is 0 Å². The second kappa shape index (κ2) is 6.93. The summed E-state index contributed by atoms with van der Waals surface area (Å²) in [7, 11) is 1.50. The standard InChI is InChI=1S/C15H19NO3/c1-15(2,19-3)14(18)16-13-9-6-8-12(11-13)7-4-5-10-17/h6,8-9,11,17H,5,10H2,1-3H3,(H,16,18). The van der Waals surface area contributed by atoms with Crippen LogP contribution in [-0.4, -0.2) is 30.3 Å². The molecule has 19 heavy (non-hydrogen) atoms. The number of carbonyl (C=O) groups excluding carboxylic acids is 1. The van der Waals surface area contributed by atoms with Gasteiger partial charge in [0.15, 0.2) is 0 Å². The minimum atomic E-state index is -0.876. The molecule has 0 radical (unpaired) electrons. The quantitative estimate of drug-likeness (QED) is 0.812. The Labute approximate surface area is 113 Å². The SMILES string of the molecule is COC(C)(C)C(=O)Nc1cccc(C#CCCO)c1. The van der Waals surface area contributed by atoms with Crippen LogP contribution in [0.4, 0.5) is 5.69 Å². The number of rotatable bonds is 4. The smallest absolute Gasteiger partial charge is 0.256 e. The first-order valence-corrected chi connectivity index (χ1v) is 6.06. The summed E-state index contributed by atoms with van der Waals surface area (Å²) in [5.41, 5.74) is 0.589. The van der Waals surface area contributed by atoms with Crippen LogP contribution in [0.5, 0.6) is 0 Å². The number of benzene rings is 1. The van der Waals surface area contributed by atoms with Crippen LogP contribution in [0.1, 0.15) is 25.8 Å². The first kappa shape index (κ1) is 15.2. The topological polar surface area (TPSA) is 58.6 Å². The molecule has 1 aromatic carbocycles. The van der Waals surface area contributed by atoms with Gasteiger partial charge in [-0.25, -0.2) is 0 Å². The number of methoxy groups -OCH3 is 1. The summed E-state index contributed by atoms with van der Waals surface area (Å²) in [6, 6.07) is 7.24. The fraction of sp³-hybridized carbons (Fsp3) is 0.400. The minimum Gasteiger partial charge on any atom is -0.395 e. The zero-order chi connectivity index (χ0) is 14.3. The number of hydrogen-bond donors (Lipinski definition) is 2. The molecule has 0 saturated carbocycles. The number of carbonyl (C=O) groups is 1. The second-order valence-electron chi connectivity index (χ2n) is 4.52. The lowest BCUT2D eigenvalue weighted by molar-refractivity contribution is -0.133. The average Bonchev–Trinajstić information content (AvgIpc) is 2.39. The van der Waals surface area contributed by atoms with E-state index in [-0.39, 0.29) is 12.5 Å². The van der Waals surface area contributed by atoms with Crippen molar-refractivity contribution >= 4 is 11.6 Å². The van der Waals surface area contributed by atoms with Gasteiger partial charge >= 0.3 is 0 Å². The van der Waals surface area contributed by atoms with Gasteiger partial charge in [0.1, 0.15) is 5.60 Å². The maximum Gasteiger partial charge on any atom is 0.256 e. The summed E-state index contributed by atoms with van der Waals surface area (Å²) in [5, 5.41) is 11.4. The molecule has 0 aromatic heterocycles. The average molecular weight is 261 g/mol. The van der Waals surface area contributed by atoms with Crippen molar-refractivity contribution in [3.63, 3.8) is 0 Å². The molecule has 1 rings (SSSR count). The van der Waals surface area contributed by atoms with Crippen molar-refractivity contribution in [2.75, 3.05) is 19.0 Å². The van der Waals surface area contributed by atoms with Crippen molar-refractivity contribution in [3.05, 3.63) is 29.8 Å². The number of nitrogens with one attached hydrogen (secondary N) is 1. The first-order valence-electron chi connectivity index (χ1n) is 6.06. The van der Waals surface area contributed by atoms with Gasteiger partial charge in [-0.15, -0.1) is 0 Å². The number of hydrogen-bond acceptors (Lipinski definition) is 3. The molecule has 1 amide bonds. The summed E-state index contributed by atoms with van der Waals surface area (Å²) in [6.45, 7) is 3.45. The van der Waals surface area contributed by atoms with E-state index in [1.54, 1.807) is 26.0 Å². The molecule has 0 fully saturated rings. The summed E-state index contributed by atoms with van der Waals surface area (Å²) < 4.78 is 5.11. The summed E-state index contributed by atoms with van der Waals surface area (Å²) in [6.07, 6.45) is 0.438. The van der Waals surface area contributed by atoms with Crippen LogP contribution in [0, 0.1) is 11.8 Å². The van der Waals surface area contributed by atoms with E-state index in [1.807, 2.05) is 12.1 Å². The van der Waals surface area contributed by atoms with Gasteiger partial charge in [0.2, 0.25) is 0 Å². The van der Waals surface area contributed by atoms with Crippen molar-refractivity contribution in [2.45, 2.75) is 25.9 Å². The molecule has 102 valence electrons. The van der Waals surface area contributed by atoms with Crippen molar-refractivity contribution in [1.29, 1.82) is 0 Å². The van der Waals surface area contributed by atoms with Gasteiger partial charge in [0.05, 0.1) is 6.61 Å². The second-order valence-corrected chi connectivity index (χ2v) is 4.52. The molecule has 0 aliphatic rings. The van der Waals surface area contributed by atoms with Gasteiger partial charge in [0.25, 0.3) is 5.91 Å². The molecular formula is C15H19NO3. The normalized spacial score (nSPS) is 10.5. The molecule has 0 heterocycles. The van der Waals surface area contributed by atoms with Crippen molar-refractivity contribution in [1.82, 2.24) is 0 Å². The Morgan fingerprint density at radius 1 is 1.47 bits per heavy atom. The Hall–Kier alpha value is -1.83. The zero-order valence-corrected chi connectivity index (χ0v) is 11.5. The lowest BCUT2D eigenvalue weighted by Gasteiger charge is -2.21. The highest BCUT2D eigenvalue weighted by Crippen LogP contribution is 2.14. The van der Waals surface area contributed by atoms with Crippen LogP contribution >= 0.6 is 0 Å². The number of amides is 1.